The molecular formula is C10H16N2O. The lowest BCUT2D eigenvalue weighted by atomic mass is 9.99. The van der Waals surface area contributed by atoms with Gasteiger partial charge < -0.3 is 10.3 Å². The van der Waals surface area contributed by atoms with Gasteiger partial charge in [-0.25, -0.2) is 0 Å². The number of anilines is 1. The van der Waals surface area contributed by atoms with Gasteiger partial charge in [0, 0.05) is 5.56 Å². The van der Waals surface area contributed by atoms with Gasteiger partial charge in [-0.1, -0.05) is 19.0 Å². The molecule has 0 aromatic carbocycles. The summed E-state index contributed by atoms with van der Waals surface area (Å²) in [6, 6.07) is 0. The van der Waals surface area contributed by atoms with Crippen LogP contribution in [0.25, 0.3) is 0 Å². The highest BCUT2D eigenvalue weighted by Gasteiger charge is 2.38. The Morgan fingerprint density at radius 3 is 2.77 bits per heavy atom. The molecule has 3 heteroatoms. The summed E-state index contributed by atoms with van der Waals surface area (Å²) in [6.07, 6.45) is 4.56. The van der Waals surface area contributed by atoms with E-state index in [2.05, 4.69) is 19.0 Å². The van der Waals surface area contributed by atoms with Gasteiger partial charge in [-0.05, 0) is 31.1 Å². The highest BCUT2D eigenvalue weighted by molar-refractivity contribution is 5.39. The predicted octanol–water partition coefficient (Wildman–Crippen LogP) is 2.16. The monoisotopic (exact) mass is 180 g/mol. The molecule has 1 aliphatic rings. The Balaban J connectivity index is 2.19. The molecule has 0 atom stereocenters. The van der Waals surface area contributed by atoms with Gasteiger partial charge in [0.25, 0.3) is 0 Å². The van der Waals surface area contributed by atoms with E-state index in [9.17, 15) is 0 Å². The van der Waals surface area contributed by atoms with Crippen molar-refractivity contribution in [2.45, 2.75) is 39.5 Å². The van der Waals surface area contributed by atoms with Crippen LogP contribution in [0.15, 0.2) is 4.52 Å². The van der Waals surface area contributed by atoms with Crippen molar-refractivity contribution in [1.82, 2.24) is 5.16 Å². The topological polar surface area (TPSA) is 52.0 Å². The SMILES string of the molecule is CCc1c(CC2(C)CC2)noc1N. The molecule has 1 aromatic rings. The highest BCUT2D eigenvalue weighted by atomic mass is 16.5. The molecule has 0 radical (unpaired) electrons. The Morgan fingerprint density at radius 1 is 1.54 bits per heavy atom. The zero-order valence-corrected chi connectivity index (χ0v) is 8.26. The molecule has 0 unspecified atom stereocenters. The summed E-state index contributed by atoms with van der Waals surface area (Å²) in [5.74, 6) is 0.502. The Kier molecular flexibility index (Phi) is 1.82. The van der Waals surface area contributed by atoms with Crippen molar-refractivity contribution in [3.63, 3.8) is 0 Å². The van der Waals surface area contributed by atoms with Gasteiger partial charge in [0.05, 0.1) is 5.69 Å². The van der Waals surface area contributed by atoms with Gasteiger partial charge in [-0.3, -0.25) is 0 Å². The quantitative estimate of drug-likeness (QED) is 0.775. The third kappa shape index (κ3) is 1.55. The highest BCUT2D eigenvalue weighted by Crippen LogP contribution is 2.48. The second kappa shape index (κ2) is 2.76. The second-order valence-electron chi connectivity index (χ2n) is 4.31. The average molecular weight is 180 g/mol. The van der Waals surface area contributed by atoms with Crippen LogP contribution in [0.1, 0.15) is 37.9 Å². The van der Waals surface area contributed by atoms with Crippen LogP contribution in [0.3, 0.4) is 0 Å². The molecule has 0 spiro atoms. The van der Waals surface area contributed by atoms with Gasteiger partial charge in [0.15, 0.2) is 0 Å². The zero-order chi connectivity index (χ0) is 9.47. The summed E-state index contributed by atoms with van der Waals surface area (Å²) in [7, 11) is 0. The number of nitrogens with zero attached hydrogens (tertiary/aromatic N) is 1. The molecule has 0 bridgehead atoms. The minimum absolute atomic E-state index is 0.479. The first-order valence-electron chi connectivity index (χ1n) is 4.87. The molecule has 2 rings (SSSR count). The van der Waals surface area contributed by atoms with E-state index < -0.39 is 0 Å². The minimum atomic E-state index is 0.479. The zero-order valence-electron chi connectivity index (χ0n) is 8.26. The standard InChI is InChI=1S/C10H16N2O/c1-3-7-8(12-13-9(7)11)6-10(2)4-5-10/h3-6,11H2,1-2H3. The predicted molar refractivity (Wildman–Crippen MR) is 51.3 cm³/mol. The van der Waals surface area contributed by atoms with E-state index in [1.165, 1.54) is 12.8 Å². The van der Waals surface area contributed by atoms with E-state index in [0.29, 0.717) is 11.3 Å². The van der Waals surface area contributed by atoms with Crippen molar-refractivity contribution >= 4 is 5.88 Å². The van der Waals surface area contributed by atoms with E-state index in [0.717, 1.165) is 24.1 Å². The number of nitrogens with two attached hydrogens (primary N) is 1. The molecule has 0 saturated heterocycles. The Hall–Kier alpha value is -0.990. The van der Waals surface area contributed by atoms with Crippen LogP contribution in [-0.4, -0.2) is 5.16 Å². The lowest BCUT2D eigenvalue weighted by Crippen LogP contribution is -2.02. The van der Waals surface area contributed by atoms with Crippen LogP contribution < -0.4 is 5.73 Å². The third-order valence-corrected chi connectivity index (χ3v) is 2.95. The molecule has 13 heavy (non-hydrogen) atoms. The molecular weight excluding hydrogens is 164 g/mol. The summed E-state index contributed by atoms with van der Waals surface area (Å²) in [5, 5.41) is 4.01. The van der Waals surface area contributed by atoms with Gasteiger partial charge in [-0.2, -0.15) is 0 Å². The van der Waals surface area contributed by atoms with Crippen molar-refractivity contribution in [3.8, 4) is 0 Å². The summed E-state index contributed by atoms with van der Waals surface area (Å²) >= 11 is 0. The van der Waals surface area contributed by atoms with Crippen LogP contribution in [0.5, 0.6) is 0 Å². The Labute approximate surface area is 78.3 Å². The van der Waals surface area contributed by atoms with E-state index in [1.54, 1.807) is 0 Å². The lowest BCUT2D eigenvalue weighted by Gasteiger charge is -2.05. The summed E-state index contributed by atoms with van der Waals surface area (Å²) in [4.78, 5) is 0. The fraction of sp³-hybridized carbons (Fsp3) is 0.700. The molecule has 72 valence electrons. The molecule has 0 amide bonds. The first-order valence-corrected chi connectivity index (χ1v) is 4.87. The largest absolute Gasteiger partial charge is 0.367 e. The molecule has 1 saturated carbocycles. The smallest absolute Gasteiger partial charge is 0.225 e. The van der Waals surface area contributed by atoms with Gasteiger partial charge in [0.2, 0.25) is 5.88 Å². The van der Waals surface area contributed by atoms with Crippen LogP contribution in [0.2, 0.25) is 0 Å². The Morgan fingerprint density at radius 2 is 2.23 bits per heavy atom. The molecule has 1 fully saturated rings. The summed E-state index contributed by atoms with van der Waals surface area (Å²) < 4.78 is 4.99. The van der Waals surface area contributed by atoms with Crippen molar-refractivity contribution in [2.75, 3.05) is 5.73 Å². The van der Waals surface area contributed by atoms with Gasteiger partial charge >= 0.3 is 0 Å². The van der Waals surface area contributed by atoms with E-state index >= 15 is 0 Å². The first kappa shape index (κ1) is 8.60. The maximum Gasteiger partial charge on any atom is 0.225 e. The number of hydrogen-bond acceptors (Lipinski definition) is 3. The van der Waals surface area contributed by atoms with Gasteiger partial charge in [-0.15, -0.1) is 0 Å². The van der Waals surface area contributed by atoms with Crippen molar-refractivity contribution < 1.29 is 4.52 Å². The second-order valence-corrected chi connectivity index (χ2v) is 4.31. The first-order chi connectivity index (χ1) is 6.14. The molecule has 3 nitrogen and oxygen atoms in total. The van der Waals surface area contributed by atoms with E-state index in [-0.39, 0.29) is 0 Å². The van der Waals surface area contributed by atoms with Crippen molar-refractivity contribution in [2.24, 2.45) is 5.41 Å². The molecule has 1 aliphatic carbocycles. The van der Waals surface area contributed by atoms with Crippen molar-refractivity contribution in [1.29, 1.82) is 0 Å². The van der Waals surface area contributed by atoms with Crippen LogP contribution in [-0.2, 0) is 12.8 Å². The normalized spacial score (nSPS) is 18.9. The fourth-order valence-electron chi connectivity index (χ4n) is 1.67. The number of rotatable bonds is 3. The Bertz CT molecular complexity index is 313. The summed E-state index contributed by atoms with van der Waals surface area (Å²) in [6.45, 7) is 4.37. The molecule has 1 aromatic heterocycles. The number of hydrogen-bond donors (Lipinski definition) is 1. The van der Waals surface area contributed by atoms with E-state index in [1.807, 2.05) is 0 Å². The van der Waals surface area contributed by atoms with Gasteiger partial charge in [0.1, 0.15) is 0 Å². The maximum atomic E-state index is 5.66. The van der Waals surface area contributed by atoms with Crippen LogP contribution in [0, 0.1) is 5.41 Å². The number of aromatic nitrogens is 1. The minimum Gasteiger partial charge on any atom is -0.367 e. The number of nitrogen functional groups attached to an aromatic ring is 1. The lowest BCUT2D eigenvalue weighted by molar-refractivity contribution is 0.417. The summed E-state index contributed by atoms with van der Waals surface area (Å²) in [5.41, 5.74) is 8.32. The maximum absolute atomic E-state index is 5.66. The van der Waals surface area contributed by atoms with Crippen LogP contribution >= 0.6 is 0 Å². The van der Waals surface area contributed by atoms with Crippen molar-refractivity contribution in [3.05, 3.63) is 11.3 Å². The third-order valence-electron chi connectivity index (χ3n) is 2.95. The molecule has 0 aliphatic heterocycles. The average Bonchev–Trinajstić information content (AvgIpc) is 2.70. The molecule has 2 N–H and O–H groups in total. The van der Waals surface area contributed by atoms with E-state index in [4.69, 9.17) is 10.3 Å². The fourth-order valence-corrected chi connectivity index (χ4v) is 1.67. The van der Waals surface area contributed by atoms with Crippen LogP contribution in [0.4, 0.5) is 5.88 Å². The molecule has 1 heterocycles.